The normalized spacial score (nSPS) is 11.5. The summed E-state index contributed by atoms with van der Waals surface area (Å²) in [5.41, 5.74) is 2.94. The molecule has 7 heteroatoms. The van der Waals surface area contributed by atoms with Crippen LogP contribution < -0.4 is 15.4 Å². The zero-order valence-electron chi connectivity index (χ0n) is 18.7. The third-order valence-electron chi connectivity index (χ3n) is 4.73. The minimum atomic E-state index is -0.882. The third kappa shape index (κ3) is 6.84. The van der Waals surface area contributed by atoms with E-state index in [0.29, 0.717) is 23.6 Å². The topological polar surface area (TPSA) is 93.7 Å². The van der Waals surface area contributed by atoms with Crippen molar-refractivity contribution in [2.24, 2.45) is 5.92 Å². The van der Waals surface area contributed by atoms with Gasteiger partial charge in [-0.3, -0.25) is 9.59 Å². The molecule has 2 amide bonds. The number of para-hydroxylation sites is 1. The van der Waals surface area contributed by atoms with Crippen molar-refractivity contribution in [2.45, 2.75) is 40.7 Å². The summed E-state index contributed by atoms with van der Waals surface area (Å²) in [4.78, 5) is 37.3. The van der Waals surface area contributed by atoms with Crippen molar-refractivity contribution < 1.29 is 23.9 Å². The second-order valence-electron chi connectivity index (χ2n) is 7.58. The molecule has 0 aliphatic heterocycles. The molecule has 0 saturated carbocycles. The Bertz CT molecular complexity index is 902. The SMILES string of the molecule is CCOc1ccc(C(=O)N[C@H](C(=O)OCC(=O)Nc2c(C)cccc2C)C(C)C)cc1. The maximum Gasteiger partial charge on any atom is 0.329 e. The number of carbonyl (C=O) groups excluding carboxylic acids is 3. The van der Waals surface area contributed by atoms with E-state index >= 15 is 0 Å². The van der Waals surface area contributed by atoms with Gasteiger partial charge in [-0.1, -0.05) is 32.0 Å². The molecule has 2 rings (SSSR count). The molecule has 0 radical (unpaired) electrons. The Kier molecular flexibility index (Phi) is 8.61. The molecule has 2 aromatic carbocycles. The van der Waals surface area contributed by atoms with Gasteiger partial charge in [-0.2, -0.15) is 0 Å². The van der Waals surface area contributed by atoms with E-state index in [-0.39, 0.29) is 5.92 Å². The van der Waals surface area contributed by atoms with Crippen LogP contribution in [0, 0.1) is 19.8 Å². The van der Waals surface area contributed by atoms with Crippen molar-refractivity contribution in [1.82, 2.24) is 5.32 Å². The van der Waals surface area contributed by atoms with Gasteiger partial charge in [-0.05, 0) is 62.1 Å². The van der Waals surface area contributed by atoms with Crippen molar-refractivity contribution in [1.29, 1.82) is 0 Å². The van der Waals surface area contributed by atoms with Crippen LogP contribution in [0.1, 0.15) is 42.3 Å². The maximum atomic E-state index is 12.5. The lowest BCUT2D eigenvalue weighted by molar-refractivity contribution is -0.150. The molecule has 0 aliphatic carbocycles. The predicted octanol–water partition coefficient (Wildman–Crippen LogP) is 3.64. The highest BCUT2D eigenvalue weighted by atomic mass is 16.5. The van der Waals surface area contributed by atoms with Gasteiger partial charge < -0.3 is 20.1 Å². The van der Waals surface area contributed by atoms with E-state index in [1.54, 1.807) is 38.1 Å². The fraction of sp³-hybridized carbons (Fsp3) is 0.375. The highest BCUT2D eigenvalue weighted by Crippen LogP contribution is 2.19. The summed E-state index contributed by atoms with van der Waals surface area (Å²) in [6, 6.07) is 11.4. The molecular weight excluding hydrogens is 396 g/mol. The average Bonchev–Trinajstić information content (AvgIpc) is 2.73. The summed E-state index contributed by atoms with van der Waals surface area (Å²) in [6.45, 7) is 9.34. The number of esters is 1. The number of hydrogen-bond acceptors (Lipinski definition) is 5. The molecule has 1 atom stereocenters. The standard InChI is InChI=1S/C24H30N2O5/c1-6-30-19-12-10-18(11-13-19)23(28)26-21(15(2)3)24(29)31-14-20(27)25-22-16(4)8-7-9-17(22)5/h7-13,15,21H,6,14H2,1-5H3,(H,25,27)(H,26,28)/t21-/m0/s1. The first-order chi connectivity index (χ1) is 14.7. The number of nitrogens with one attached hydrogen (secondary N) is 2. The number of benzene rings is 2. The zero-order chi connectivity index (χ0) is 23.0. The average molecular weight is 427 g/mol. The Morgan fingerprint density at radius 3 is 2.13 bits per heavy atom. The van der Waals surface area contributed by atoms with Gasteiger partial charge in [0.1, 0.15) is 11.8 Å². The van der Waals surface area contributed by atoms with Gasteiger partial charge in [0.2, 0.25) is 0 Å². The van der Waals surface area contributed by atoms with Gasteiger partial charge in [0, 0.05) is 11.3 Å². The lowest BCUT2D eigenvalue weighted by Crippen LogP contribution is -2.45. The second kappa shape index (κ2) is 11.2. The summed E-state index contributed by atoms with van der Waals surface area (Å²) >= 11 is 0. The molecule has 0 unspecified atom stereocenters. The van der Waals surface area contributed by atoms with Gasteiger partial charge in [0.05, 0.1) is 6.61 Å². The maximum absolute atomic E-state index is 12.5. The highest BCUT2D eigenvalue weighted by Gasteiger charge is 2.27. The molecule has 0 saturated heterocycles. The molecule has 0 heterocycles. The molecule has 0 aliphatic rings. The monoisotopic (exact) mass is 426 g/mol. The molecule has 2 aromatic rings. The van der Waals surface area contributed by atoms with Crippen molar-refractivity contribution in [3.8, 4) is 5.75 Å². The van der Waals surface area contributed by atoms with E-state index in [4.69, 9.17) is 9.47 Å². The number of aryl methyl sites for hydroxylation is 2. The molecule has 7 nitrogen and oxygen atoms in total. The van der Waals surface area contributed by atoms with E-state index < -0.39 is 30.4 Å². The van der Waals surface area contributed by atoms with E-state index in [2.05, 4.69) is 10.6 Å². The van der Waals surface area contributed by atoms with Crippen molar-refractivity contribution in [3.63, 3.8) is 0 Å². The molecule has 0 bridgehead atoms. The summed E-state index contributed by atoms with van der Waals surface area (Å²) in [5, 5.41) is 5.46. The fourth-order valence-electron chi connectivity index (χ4n) is 3.01. The molecule has 31 heavy (non-hydrogen) atoms. The molecule has 166 valence electrons. The van der Waals surface area contributed by atoms with Crippen molar-refractivity contribution in [2.75, 3.05) is 18.5 Å². The quantitative estimate of drug-likeness (QED) is 0.597. The van der Waals surface area contributed by atoms with Crippen molar-refractivity contribution in [3.05, 3.63) is 59.2 Å². The number of amides is 2. The largest absolute Gasteiger partial charge is 0.494 e. The van der Waals surface area contributed by atoms with Crippen LogP contribution in [0.15, 0.2) is 42.5 Å². The van der Waals surface area contributed by atoms with Crippen LogP contribution >= 0.6 is 0 Å². The van der Waals surface area contributed by atoms with Gasteiger partial charge in [0.15, 0.2) is 6.61 Å². The first-order valence-corrected chi connectivity index (χ1v) is 10.3. The fourth-order valence-corrected chi connectivity index (χ4v) is 3.01. The number of rotatable bonds is 9. The number of ether oxygens (including phenoxy) is 2. The van der Waals surface area contributed by atoms with Gasteiger partial charge in [0.25, 0.3) is 11.8 Å². The Hall–Kier alpha value is -3.35. The molecule has 0 fully saturated rings. The lowest BCUT2D eigenvalue weighted by atomic mass is 10.0. The Labute approximate surface area is 183 Å². The lowest BCUT2D eigenvalue weighted by Gasteiger charge is -2.21. The van der Waals surface area contributed by atoms with Crippen LogP contribution in [0.4, 0.5) is 5.69 Å². The zero-order valence-corrected chi connectivity index (χ0v) is 18.7. The van der Waals surface area contributed by atoms with Crippen LogP contribution in [-0.4, -0.2) is 37.0 Å². The van der Waals surface area contributed by atoms with Crippen LogP contribution in [0.3, 0.4) is 0 Å². The Balaban J connectivity index is 1.95. The summed E-state index contributed by atoms with van der Waals surface area (Å²) in [6.07, 6.45) is 0. The molecule has 0 spiro atoms. The van der Waals surface area contributed by atoms with Crippen LogP contribution in [0.5, 0.6) is 5.75 Å². The van der Waals surface area contributed by atoms with Crippen molar-refractivity contribution >= 4 is 23.5 Å². The van der Waals surface area contributed by atoms with E-state index in [1.807, 2.05) is 39.0 Å². The van der Waals surface area contributed by atoms with Crippen LogP contribution in [0.2, 0.25) is 0 Å². The van der Waals surface area contributed by atoms with Gasteiger partial charge in [-0.15, -0.1) is 0 Å². The van der Waals surface area contributed by atoms with Gasteiger partial charge >= 0.3 is 5.97 Å². The van der Waals surface area contributed by atoms with Crippen LogP contribution in [0.25, 0.3) is 0 Å². The summed E-state index contributed by atoms with van der Waals surface area (Å²) in [7, 11) is 0. The number of anilines is 1. The summed E-state index contributed by atoms with van der Waals surface area (Å²) < 4.78 is 10.5. The smallest absolute Gasteiger partial charge is 0.329 e. The number of carbonyl (C=O) groups is 3. The van der Waals surface area contributed by atoms with Gasteiger partial charge in [-0.25, -0.2) is 4.79 Å². The summed E-state index contributed by atoms with van der Waals surface area (Å²) in [5.74, 6) is -1.06. The van der Waals surface area contributed by atoms with E-state index in [1.165, 1.54) is 0 Å². The Morgan fingerprint density at radius 1 is 0.968 bits per heavy atom. The molecular formula is C24H30N2O5. The van der Waals surface area contributed by atoms with Crippen LogP contribution in [-0.2, 0) is 14.3 Å². The number of hydrogen-bond donors (Lipinski definition) is 2. The minimum absolute atomic E-state index is 0.221. The first kappa shape index (κ1) is 23.9. The Morgan fingerprint density at radius 2 is 1.58 bits per heavy atom. The van der Waals surface area contributed by atoms with E-state index in [0.717, 1.165) is 11.1 Å². The highest BCUT2D eigenvalue weighted by molar-refractivity contribution is 5.98. The predicted molar refractivity (Wildman–Crippen MR) is 119 cm³/mol. The minimum Gasteiger partial charge on any atom is -0.494 e. The third-order valence-corrected chi connectivity index (χ3v) is 4.73. The second-order valence-corrected chi connectivity index (χ2v) is 7.58. The first-order valence-electron chi connectivity index (χ1n) is 10.3. The molecule has 2 N–H and O–H groups in total. The van der Waals surface area contributed by atoms with E-state index in [9.17, 15) is 14.4 Å². The molecule has 0 aromatic heterocycles.